The second kappa shape index (κ2) is 10.9. The molecule has 96 valence electrons. The van der Waals surface area contributed by atoms with Crippen LogP contribution in [0.3, 0.4) is 0 Å². The molecule has 0 saturated carbocycles. The van der Waals surface area contributed by atoms with Crippen LogP contribution in [0.4, 0.5) is 4.79 Å². The molecule has 0 aromatic heterocycles. The molecule has 9 heteroatoms. The molecular weight excluding hydrogens is 246 g/mol. The normalized spacial score (nSPS) is 9.18. The number of carboxylic acid groups (broad SMARTS) is 1. The fourth-order valence-electron chi connectivity index (χ4n) is 0.825. The predicted molar refractivity (Wildman–Crippen MR) is 65.0 cm³/mol. The number of rotatable bonds is 9. The van der Waals surface area contributed by atoms with Crippen LogP contribution in [0.5, 0.6) is 0 Å². The summed E-state index contributed by atoms with van der Waals surface area (Å²) >= 11 is 1.47. The van der Waals surface area contributed by atoms with Crippen molar-refractivity contribution in [2.24, 2.45) is 5.11 Å². The lowest BCUT2D eigenvalue weighted by Gasteiger charge is -2.05. The van der Waals surface area contributed by atoms with Gasteiger partial charge in [0.25, 0.3) is 0 Å². The topological polar surface area (TPSA) is 127 Å². The van der Waals surface area contributed by atoms with Crippen molar-refractivity contribution in [1.29, 1.82) is 0 Å². The Morgan fingerprint density at radius 3 is 2.65 bits per heavy atom. The average molecular weight is 261 g/mol. The van der Waals surface area contributed by atoms with Gasteiger partial charge < -0.3 is 15.7 Å². The quantitative estimate of drug-likeness (QED) is 0.245. The Labute approximate surface area is 103 Å². The summed E-state index contributed by atoms with van der Waals surface area (Å²) in [5.41, 5.74) is 7.98. The van der Waals surface area contributed by atoms with Gasteiger partial charge in [0.2, 0.25) is 0 Å². The third kappa shape index (κ3) is 12.3. The molecule has 0 aliphatic rings. The van der Waals surface area contributed by atoms with Gasteiger partial charge in [-0.2, -0.15) is 11.8 Å². The first kappa shape index (κ1) is 15.4. The Bertz CT molecular complexity index is 293. The van der Waals surface area contributed by atoms with Gasteiger partial charge in [0, 0.05) is 36.1 Å². The molecule has 3 N–H and O–H groups in total. The van der Waals surface area contributed by atoms with Gasteiger partial charge in [0.05, 0.1) is 6.42 Å². The Hall–Kier alpha value is -1.60. The van der Waals surface area contributed by atoms with Gasteiger partial charge in [-0.15, -0.1) is 0 Å². The number of amides is 2. The highest BCUT2D eigenvalue weighted by Gasteiger charge is 1.99. The molecule has 0 bridgehead atoms. The lowest BCUT2D eigenvalue weighted by Crippen LogP contribution is -2.37. The molecule has 0 fully saturated rings. The maximum Gasteiger partial charge on any atom is 0.314 e. The maximum absolute atomic E-state index is 11.1. The smallest absolute Gasteiger partial charge is 0.314 e. The van der Waals surface area contributed by atoms with Crippen LogP contribution in [0.15, 0.2) is 5.11 Å². The second-order valence-electron chi connectivity index (χ2n) is 2.89. The van der Waals surface area contributed by atoms with E-state index >= 15 is 0 Å². The third-order valence-corrected chi connectivity index (χ3v) is 2.54. The molecule has 0 rings (SSSR count). The van der Waals surface area contributed by atoms with E-state index in [1.807, 2.05) is 0 Å². The van der Waals surface area contributed by atoms with Crippen molar-refractivity contribution < 1.29 is 14.7 Å². The van der Waals surface area contributed by atoms with E-state index in [9.17, 15) is 9.59 Å². The predicted octanol–water partition coefficient (Wildman–Crippen LogP) is 0.804. The monoisotopic (exact) mass is 261 g/mol. The van der Waals surface area contributed by atoms with Crippen LogP contribution in [0.25, 0.3) is 10.4 Å². The van der Waals surface area contributed by atoms with Crippen molar-refractivity contribution in [3.63, 3.8) is 0 Å². The van der Waals surface area contributed by atoms with E-state index in [4.69, 9.17) is 10.6 Å². The highest BCUT2D eigenvalue weighted by Crippen LogP contribution is 2.00. The summed E-state index contributed by atoms with van der Waals surface area (Å²) in [6.07, 6.45) is 0.128. The van der Waals surface area contributed by atoms with E-state index in [1.54, 1.807) is 0 Å². The molecule has 0 radical (unpaired) electrons. The highest BCUT2D eigenvalue weighted by molar-refractivity contribution is 7.99. The van der Waals surface area contributed by atoms with Crippen molar-refractivity contribution in [1.82, 2.24) is 10.6 Å². The van der Waals surface area contributed by atoms with Crippen LogP contribution in [-0.4, -0.2) is 48.2 Å². The van der Waals surface area contributed by atoms with Gasteiger partial charge in [-0.1, -0.05) is 5.11 Å². The first-order chi connectivity index (χ1) is 8.16. The second-order valence-corrected chi connectivity index (χ2v) is 4.12. The summed E-state index contributed by atoms with van der Waals surface area (Å²) in [4.78, 5) is 23.8. The maximum atomic E-state index is 11.1. The summed E-state index contributed by atoms with van der Waals surface area (Å²) in [7, 11) is 0. The summed E-state index contributed by atoms with van der Waals surface area (Å²) in [5.74, 6) is 0.383. The average Bonchev–Trinajstić information content (AvgIpc) is 2.29. The highest BCUT2D eigenvalue weighted by atomic mass is 32.2. The van der Waals surface area contributed by atoms with E-state index in [2.05, 4.69) is 20.7 Å². The first-order valence-electron chi connectivity index (χ1n) is 4.99. The standard InChI is InChI=1S/C8H15N5O3S/c9-13-12-3-2-10-8(16)11-4-6-17-5-1-7(14)15/h1-6H2,(H,14,15)(H2,10,11,16). The number of thioether (sulfide) groups is 1. The van der Waals surface area contributed by atoms with Crippen LogP contribution >= 0.6 is 11.8 Å². The van der Waals surface area contributed by atoms with Gasteiger partial charge in [-0.25, -0.2) is 4.79 Å². The third-order valence-electron chi connectivity index (χ3n) is 1.55. The van der Waals surface area contributed by atoms with Gasteiger partial charge in [-0.3, -0.25) is 4.79 Å². The number of carbonyl (C=O) groups excluding carboxylic acids is 1. The summed E-state index contributed by atoms with van der Waals surface area (Å²) in [5, 5.41) is 16.7. The van der Waals surface area contributed by atoms with Gasteiger partial charge in [0.15, 0.2) is 0 Å². The Kier molecular flexibility index (Phi) is 9.88. The molecule has 0 heterocycles. The molecule has 0 saturated heterocycles. The molecule has 17 heavy (non-hydrogen) atoms. The minimum atomic E-state index is -0.818. The van der Waals surface area contributed by atoms with Crippen molar-refractivity contribution in [2.45, 2.75) is 6.42 Å². The van der Waals surface area contributed by atoms with Crippen LogP contribution < -0.4 is 10.6 Å². The van der Waals surface area contributed by atoms with E-state index in [1.165, 1.54) is 11.8 Å². The summed E-state index contributed by atoms with van der Waals surface area (Å²) in [6.45, 7) is 0.983. The fourth-order valence-corrected chi connectivity index (χ4v) is 1.59. The minimum absolute atomic E-state index is 0.128. The zero-order valence-electron chi connectivity index (χ0n) is 9.26. The van der Waals surface area contributed by atoms with E-state index in [0.29, 0.717) is 24.6 Å². The largest absolute Gasteiger partial charge is 0.481 e. The molecule has 0 unspecified atom stereocenters. The van der Waals surface area contributed by atoms with Gasteiger partial charge in [0.1, 0.15) is 0 Å². The van der Waals surface area contributed by atoms with Crippen molar-refractivity contribution in [3.8, 4) is 0 Å². The number of urea groups is 1. The van der Waals surface area contributed by atoms with Crippen molar-refractivity contribution in [2.75, 3.05) is 31.1 Å². The Balaban J connectivity index is 3.27. The van der Waals surface area contributed by atoms with Gasteiger partial charge >= 0.3 is 12.0 Å². The number of carbonyl (C=O) groups is 2. The fraction of sp³-hybridized carbons (Fsp3) is 0.750. The Morgan fingerprint density at radius 1 is 1.29 bits per heavy atom. The number of aliphatic carboxylic acids is 1. The first-order valence-corrected chi connectivity index (χ1v) is 6.14. The van der Waals surface area contributed by atoms with Crippen molar-refractivity contribution >= 4 is 23.8 Å². The number of nitrogens with zero attached hydrogens (tertiary/aromatic N) is 3. The molecule has 0 aromatic rings. The van der Waals surface area contributed by atoms with Crippen molar-refractivity contribution in [3.05, 3.63) is 10.4 Å². The van der Waals surface area contributed by atoms with Crippen LogP contribution in [0.1, 0.15) is 6.42 Å². The van der Waals surface area contributed by atoms with Gasteiger partial charge in [-0.05, 0) is 5.53 Å². The number of carboxylic acids is 1. The lowest BCUT2D eigenvalue weighted by molar-refractivity contribution is -0.136. The molecular formula is C8H15N5O3S. The molecule has 0 aliphatic heterocycles. The number of azide groups is 1. The number of hydrogen-bond donors (Lipinski definition) is 3. The zero-order valence-corrected chi connectivity index (χ0v) is 10.1. The number of nitrogens with one attached hydrogen (secondary N) is 2. The van der Waals surface area contributed by atoms with E-state index in [-0.39, 0.29) is 19.0 Å². The lowest BCUT2D eigenvalue weighted by atomic mass is 10.5. The minimum Gasteiger partial charge on any atom is -0.481 e. The molecule has 0 spiro atoms. The molecule has 8 nitrogen and oxygen atoms in total. The SMILES string of the molecule is [N-]=[N+]=NCCNC(=O)NCCSCCC(=O)O. The molecule has 0 aliphatic carbocycles. The summed E-state index contributed by atoms with van der Waals surface area (Å²) in [6, 6.07) is -0.322. The Morgan fingerprint density at radius 2 is 2.00 bits per heavy atom. The van der Waals surface area contributed by atoms with E-state index in [0.717, 1.165) is 0 Å². The van der Waals surface area contributed by atoms with Crippen LogP contribution in [-0.2, 0) is 4.79 Å². The molecule has 2 amide bonds. The van der Waals surface area contributed by atoms with E-state index < -0.39 is 5.97 Å². The molecule has 0 aromatic carbocycles. The summed E-state index contributed by atoms with van der Waals surface area (Å²) < 4.78 is 0. The number of hydrogen-bond acceptors (Lipinski definition) is 4. The zero-order chi connectivity index (χ0) is 12.9. The van der Waals surface area contributed by atoms with Crippen LogP contribution in [0, 0.1) is 0 Å². The molecule has 0 atom stereocenters. The van der Waals surface area contributed by atoms with Crippen LogP contribution in [0.2, 0.25) is 0 Å².